The van der Waals surface area contributed by atoms with Crippen LogP contribution in [-0.2, 0) is 43.0 Å². The number of ether oxygens (including phenoxy) is 3. The van der Waals surface area contributed by atoms with E-state index in [-0.39, 0.29) is 143 Å². The quantitative estimate of drug-likeness (QED) is 0.0196. The third kappa shape index (κ3) is 36.9. The summed E-state index contributed by atoms with van der Waals surface area (Å²) in [5.74, 6) is -4.09. The van der Waals surface area contributed by atoms with Gasteiger partial charge >= 0.3 is 94.9 Å². The zero-order chi connectivity index (χ0) is 44.5. The van der Waals surface area contributed by atoms with Crippen molar-refractivity contribution in [2.24, 2.45) is 21.7 Å². The number of rotatable bonds is 21. The number of alkyl halides is 2. The molecule has 0 aliphatic carbocycles. The Hall–Kier alpha value is -0.580. The van der Waals surface area contributed by atoms with E-state index in [1.807, 2.05) is 0 Å². The van der Waals surface area contributed by atoms with E-state index >= 15 is 0 Å². The predicted molar refractivity (Wildman–Crippen MR) is 232 cm³/mol. The number of carboxylic acid groups (broad SMARTS) is 3. The third-order valence-corrected chi connectivity index (χ3v) is 9.00. The van der Waals surface area contributed by atoms with Crippen LogP contribution in [0.4, 0.5) is 0 Å². The van der Waals surface area contributed by atoms with Gasteiger partial charge in [0.25, 0.3) is 0 Å². The number of esters is 3. The van der Waals surface area contributed by atoms with Gasteiger partial charge in [-0.15, -0.1) is 23.2 Å². The number of carbonyl (C=O) groups excluding carboxylic acids is 3. The Balaban J connectivity index is -0.0000000732. The van der Waals surface area contributed by atoms with Gasteiger partial charge in [0.2, 0.25) is 0 Å². The SMILES string of the molecule is C.C=C(C)C(=O)O.C=C(C)C(=O)OCC(O)CCl.CCC(C)(CC(C)(C)C(=O)O)C(=O)OCC(O)CCl.CCC(C)(CC(C)(C)C(=O)OCC(O)CS)C(=O)O.S.[H-].[Na+].[Na+].[OH-]. The Morgan fingerprint density at radius 1 is 0.650 bits per heavy atom. The fraction of sp³-hybridized carbons (Fsp3) is 0.737. The molecule has 5 unspecified atom stereocenters. The van der Waals surface area contributed by atoms with Crippen molar-refractivity contribution in [2.45, 2.75) is 121 Å². The third-order valence-electron chi connectivity index (χ3n) is 7.87. The summed E-state index contributed by atoms with van der Waals surface area (Å²) in [6.07, 6.45) is -1.26. The maximum atomic E-state index is 12.0. The summed E-state index contributed by atoms with van der Waals surface area (Å²) in [6, 6.07) is 0. The van der Waals surface area contributed by atoms with E-state index in [2.05, 4.69) is 30.5 Å². The second-order valence-electron chi connectivity index (χ2n) is 14.7. The van der Waals surface area contributed by atoms with E-state index in [0.717, 1.165) is 0 Å². The van der Waals surface area contributed by atoms with E-state index in [0.29, 0.717) is 18.4 Å². The molecule has 0 aromatic heterocycles. The second-order valence-corrected chi connectivity index (χ2v) is 15.7. The van der Waals surface area contributed by atoms with Crippen LogP contribution in [0.25, 0.3) is 0 Å². The van der Waals surface area contributed by atoms with E-state index in [1.54, 1.807) is 55.4 Å². The smallest absolute Gasteiger partial charge is 1.00 e. The first-order valence-electron chi connectivity index (χ1n) is 17.2. The molecule has 0 aromatic carbocycles. The summed E-state index contributed by atoms with van der Waals surface area (Å²) < 4.78 is 14.6. The van der Waals surface area contributed by atoms with Crippen LogP contribution in [0, 0.1) is 21.7 Å². The maximum absolute atomic E-state index is 12.0. The van der Waals surface area contributed by atoms with Gasteiger partial charge in [-0.1, -0.05) is 34.4 Å². The van der Waals surface area contributed by atoms with Crippen LogP contribution in [0.2, 0.25) is 0 Å². The van der Waals surface area contributed by atoms with Crippen LogP contribution in [0.15, 0.2) is 24.3 Å². The van der Waals surface area contributed by atoms with Crippen molar-refractivity contribution >= 4 is 85.1 Å². The molecule has 0 heterocycles. The zero-order valence-corrected chi connectivity index (χ0v) is 44.1. The van der Waals surface area contributed by atoms with E-state index in [4.69, 9.17) is 48.0 Å². The predicted octanol–water partition coefficient (Wildman–Crippen LogP) is -0.171. The summed E-state index contributed by atoms with van der Waals surface area (Å²) in [5, 5.41) is 53.7. The van der Waals surface area contributed by atoms with E-state index < -0.39 is 75.8 Å². The molecule has 348 valence electrons. The van der Waals surface area contributed by atoms with Gasteiger partial charge in [0.05, 0.1) is 39.5 Å². The molecule has 0 bridgehead atoms. The summed E-state index contributed by atoms with van der Waals surface area (Å²) in [6.45, 7) is 22.5. The Morgan fingerprint density at radius 3 is 1.27 bits per heavy atom. The Kier molecular flexibility index (Phi) is 53.1. The zero-order valence-electron chi connectivity index (χ0n) is 37.7. The topological polar surface area (TPSA) is 281 Å². The van der Waals surface area contributed by atoms with Crippen molar-refractivity contribution in [1.29, 1.82) is 0 Å². The largest absolute Gasteiger partial charge is 1.00 e. The summed E-state index contributed by atoms with van der Waals surface area (Å²) in [4.78, 5) is 66.7. The first-order valence-corrected chi connectivity index (χ1v) is 18.9. The van der Waals surface area contributed by atoms with Crippen molar-refractivity contribution in [3.63, 3.8) is 0 Å². The number of aliphatic hydroxyl groups excluding tert-OH is 3. The molecule has 0 radical (unpaired) electrons. The maximum Gasteiger partial charge on any atom is 1.00 e. The molecule has 60 heavy (non-hydrogen) atoms. The first-order chi connectivity index (χ1) is 24.9. The van der Waals surface area contributed by atoms with Crippen molar-refractivity contribution in [3.05, 3.63) is 24.3 Å². The van der Waals surface area contributed by atoms with Crippen LogP contribution >= 0.6 is 49.3 Å². The fourth-order valence-corrected chi connectivity index (χ4v) is 4.23. The minimum Gasteiger partial charge on any atom is -1.00 e. The van der Waals surface area contributed by atoms with E-state index in [9.17, 15) is 44.1 Å². The van der Waals surface area contributed by atoms with Gasteiger partial charge in [-0.2, -0.15) is 26.1 Å². The molecular formula is C38H72Cl2Na2O16S2. The fourth-order valence-electron chi connectivity index (χ4n) is 3.94. The molecule has 0 aliphatic rings. The standard InChI is InChI=1S/C13H23ClO5.C13H24O5S.C7H11ClO3.C4H6O2.CH4.2Na.H2O.H2S.H/c1-5-13(4,8-12(2,3)10(16)17)11(18)19-7-9(15)6-14;1-5-13(4,10(15)16)8-12(2,3)11(17)18-6-9(14)7-19;1-5(2)7(10)11-4-6(9)3-8;1-3(2)4(5)6;;;;;;/h9,15H,5-8H2,1-4H3,(H,16,17);9,14,19H,5-8H2,1-4H3,(H,15,16);6,9H,1,3-4H2,2H3;1H2,2H3,(H,5,6);1H4;;;2*1H2;/q;;;;;2*+1;;;-1/p-1. The minimum absolute atomic E-state index is 0. The van der Waals surface area contributed by atoms with E-state index in [1.165, 1.54) is 13.8 Å². The molecule has 0 fully saturated rings. The molecule has 0 amide bonds. The molecule has 22 heteroatoms. The molecule has 0 spiro atoms. The summed E-state index contributed by atoms with van der Waals surface area (Å²) >= 11 is 14.5. The molecule has 7 N–H and O–H groups in total. The van der Waals surface area contributed by atoms with Crippen molar-refractivity contribution in [1.82, 2.24) is 0 Å². The van der Waals surface area contributed by atoms with Crippen LogP contribution < -0.4 is 59.1 Å². The van der Waals surface area contributed by atoms with Crippen LogP contribution in [0.3, 0.4) is 0 Å². The number of aliphatic carboxylic acids is 3. The number of thiol groups is 1. The molecule has 0 aromatic rings. The van der Waals surface area contributed by atoms with Crippen molar-refractivity contribution < 1.29 is 140 Å². The van der Waals surface area contributed by atoms with Gasteiger partial charge in [-0.25, -0.2) is 9.59 Å². The summed E-state index contributed by atoms with van der Waals surface area (Å²) in [7, 11) is 0. The number of aliphatic hydroxyl groups is 3. The normalized spacial score (nSPS) is 13.5. The van der Waals surface area contributed by atoms with Gasteiger partial charge in [-0.05, 0) is 81.1 Å². The van der Waals surface area contributed by atoms with Crippen molar-refractivity contribution in [2.75, 3.05) is 37.3 Å². The molecule has 5 atom stereocenters. The van der Waals surface area contributed by atoms with Gasteiger partial charge in [-0.3, -0.25) is 19.2 Å². The molecule has 0 aliphatic heterocycles. The number of halogens is 2. The molecule has 0 rings (SSSR count). The Morgan fingerprint density at radius 2 is 0.983 bits per heavy atom. The van der Waals surface area contributed by atoms with Crippen molar-refractivity contribution in [3.8, 4) is 0 Å². The second kappa shape index (κ2) is 40.0. The van der Waals surface area contributed by atoms with Gasteiger partial charge in [0, 0.05) is 16.9 Å². The number of hydrogen-bond acceptors (Lipinski definition) is 14. The van der Waals surface area contributed by atoms with Gasteiger partial charge in [0.15, 0.2) is 0 Å². The van der Waals surface area contributed by atoms with Gasteiger partial charge < -0.3 is 51.8 Å². The van der Waals surface area contributed by atoms with Crippen LogP contribution in [0.5, 0.6) is 0 Å². The molecular weight excluding hydrogens is 893 g/mol. The van der Waals surface area contributed by atoms with Crippen LogP contribution in [-0.4, -0.2) is 128 Å². The number of carbonyl (C=O) groups is 6. The summed E-state index contributed by atoms with van der Waals surface area (Å²) in [5.41, 5.74) is -3.31. The number of carboxylic acids is 3. The molecule has 0 saturated heterocycles. The Labute approximate surface area is 425 Å². The van der Waals surface area contributed by atoms with Crippen LogP contribution in [0.1, 0.15) is 104 Å². The monoisotopic (exact) mass is 964 g/mol. The molecule has 16 nitrogen and oxygen atoms in total. The molecule has 0 saturated carbocycles. The Bertz CT molecular complexity index is 1270. The number of hydrogen-bond donors (Lipinski definition) is 7. The minimum atomic E-state index is -1.02. The average Bonchev–Trinajstić information content (AvgIpc) is 3.10. The van der Waals surface area contributed by atoms with Gasteiger partial charge in [0.1, 0.15) is 32.0 Å². The first kappa shape index (κ1) is 79.8. The average molecular weight is 966 g/mol.